The minimum atomic E-state index is 0.297. The first-order valence-electron chi connectivity index (χ1n) is 6.78. The third kappa shape index (κ3) is 6.20. The van der Waals surface area contributed by atoms with Crippen molar-refractivity contribution in [1.82, 2.24) is 15.0 Å². The van der Waals surface area contributed by atoms with Gasteiger partial charge in [-0.25, -0.2) is 0 Å². The van der Waals surface area contributed by atoms with Crippen LogP contribution in [0.15, 0.2) is 6.20 Å². The standard InChI is InChI=1S/C13H24BrN3/c1-3-4-5-6-7-8-9-10-17-11-13(12(2)14)15-16-17/h11-12H,3-10H2,1-2H3. The van der Waals surface area contributed by atoms with Crippen LogP contribution >= 0.6 is 15.9 Å². The smallest absolute Gasteiger partial charge is 0.0960 e. The zero-order chi connectivity index (χ0) is 12.5. The summed E-state index contributed by atoms with van der Waals surface area (Å²) in [6.45, 7) is 5.33. The Balaban J connectivity index is 2.05. The van der Waals surface area contributed by atoms with Gasteiger partial charge in [0.15, 0.2) is 0 Å². The summed E-state index contributed by atoms with van der Waals surface area (Å²) in [4.78, 5) is 0.297. The molecule has 0 fully saturated rings. The van der Waals surface area contributed by atoms with E-state index in [0.29, 0.717) is 4.83 Å². The summed E-state index contributed by atoms with van der Waals surface area (Å²) in [5.74, 6) is 0. The second kappa shape index (κ2) is 8.67. The zero-order valence-corrected chi connectivity index (χ0v) is 12.6. The summed E-state index contributed by atoms with van der Waals surface area (Å²) in [5.41, 5.74) is 1.02. The topological polar surface area (TPSA) is 30.7 Å². The van der Waals surface area contributed by atoms with Gasteiger partial charge in [-0.2, -0.15) is 0 Å². The normalized spacial score (nSPS) is 12.9. The first-order valence-corrected chi connectivity index (χ1v) is 7.69. The van der Waals surface area contributed by atoms with Crippen LogP contribution in [0.3, 0.4) is 0 Å². The van der Waals surface area contributed by atoms with Crippen molar-refractivity contribution >= 4 is 15.9 Å². The van der Waals surface area contributed by atoms with Crippen molar-refractivity contribution in [2.45, 2.75) is 70.2 Å². The van der Waals surface area contributed by atoms with Gasteiger partial charge in [0.1, 0.15) is 0 Å². The van der Waals surface area contributed by atoms with Gasteiger partial charge < -0.3 is 0 Å². The van der Waals surface area contributed by atoms with E-state index in [0.717, 1.165) is 12.2 Å². The molecule has 1 rings (SSSR count). The second-order valence-corrected chi connectivity index (χ2v) is 6.02. The molecule has 1 heterocycles. The van der Waals surface area contributed by atoms with Gasteiger partial charge in [-0.15, -0.1) is 5.10 Å². The van der Waals surface area contributed by atoms with Crippen molar-refractivity contribution in [3.63, 3.8) is 0 Å². The number of aryl methyl sites for hydroxylation is 1. The maximum atomic E-state index is 4.12. The number of unbranched alkanes of at least 4 members (excludes halogenated alkanes) is 6. The van der Waals surface area contributed by atoms with E-state index in [4.69, 9.17) is 0 Å². The minimum absolute atomic E-state index is 0.297. The van der Waals surface area contributed by atoms with Crippen molar-refractivity contribution < 1.29 is 0 Å². The van der Waals surface area contributed by atoms with E-state index in [1.807, 2.05) is 10.9 Å². The van der Waals surface area contributed by atoms with E-state index < -0.39 is 0 Å². The zero-order valence-electron chi connectivity index (χ0n) is 11.0. The van der Waals surface area contributed by atoms with E-state index in [-0.39, 0.29) is 0 Å². The molecule has 0 saturated carbocycles. The number of halogens is 1. The van der Waals surface area contributed by atoms with E-state index in [1.54, 1.807) is 0 Å². The summed E-state index contributed by atoms with van der Waals surface area (Å²) in [6, 6.07) is 0. The highest BCUT2D eigenvalue weighted by Gasteiger charge is 2.05. The molecular formula is C13H24BrN3. The molecule has 0 bridgehead atoms. The van der Waals surface area contributed by atoms with E-state index in [2.05, 4.69) is 40.1 Å². The van der Waals surface area contributed by atoms with Crippen molar-refractivity contribution in [2.75, 3.05) is 0 Å². The Morgan fingerprint density at radius 3 is 2.41 bits per heavy atom. The second-order valence-electron chi connectivity index (χ2n) is 4.64. The molecule has 1 aromatic heterocycles. The molecule has 0 aromatic carbocycles. The van der Waals surface area contributed by atoms with Crippen molar-refractivity contribution in [2.24, 2.45) is 0 Å². The summed E-state index contributed by atoms with van der Waals surface area (Å²) < 4.78 is 1.96. The van der Waals surface area contributed by atoms with Crippen molar-refractivity contribution in [3.05, 3.63) is 11.9 Å². The van der Waals surface area contributed by atoms with Crippen LogP contribution in [-0.4, -0.2) is 15.0 Å². The molecule has 0 spiro atoms. The van der Waals surface area contributed by atoms with Gasteiger partial charge in [0, 0.05) is 12.7 Å². The lowest BCUT2D eigenvalue weighted by atomic mass is 10.1. The Bertz CT molecular complexity index is 297. The van der Waals surface area contributed by atoms with Crippen LogP contribution in [0.2, 0.25) is 0 Å². The monoisotopic (exact) mass is 301 g/mol. The van der Waals surface area contributed by atoms with Crippen LogP contribution in [-0.2, 0) is 6.54 Å². The average molecular weight is 302 g/mol. The molecule has 3 nitrogen and oxygen atoms in total. The minimum Gasteiger partial charge on any atom is -0.252 e. The molecule has 98 valence electrons. The molecule has 17 heavy (non-hydrogen) atoms. The Morgan fingerprint density at radius 1 is 1.18 bits per heavy atom. The van der Waals surface area contributed by atoms with Gasteiger partial charge >= 0.3 is 0 Å². The van der Waals surface area contributed by atoms with Crippen LogP contribution < -0.4 is 0 Å². The van der Waals surface area contributed by atoms with Gasteiger partial charge in [0.2, 0.25) is 0 Å². The molecule has 0 amide bonds. The first kappa shape index (κ1) is 14.7. The third-order valence-electron chi connectivity index (χ3n) is 2.95. The number of nitrogens with zero attached hydrogens (tertiary/aromatic N) is 3. The number of hydrogen-bond acceptors (Lipinski definition) is 2. The largest absolute Gasteiger partial charge is 0.252 e. The Morgan fingerprint density at radius 2 is 1.82 bits per heavy atom. The quantitative estimate of drug-likeness (QED) is 0.497. The van der Waals surface area contributed by atoms with Gasteiger partial charge in [-0.05, 0) is 13.3 Å². The first-order chi connectivity index (χ1) is 8.24. The van der Waals surface area contributed by atoms with Gasteiger partial charge in [-0.1, -0.05) is 66.6 Å². The highest BCUT2D eigenvalue weighted by molar-refractivity contribution is 9.09. The van der Waals surface area contributed by atoms with Crippen LogP contribution in [0.5, 0.6) is 0 Å². The summed E-state index contributed by atoms with van der Waals surface area (Å²) in [5, 5.41) is 8.24. The van der Waals surface area contributed by atoms with E-state index >= 15 is 0 Å². The number of aromatic nitrogens is 3. The molecule has 1 aromatic rings. The summed E-state index contributed by atoms with van der Waals surface area (Å²) in [7, 11) is 0. The van der Waals surface area contributed by atoms with Crippen LogP contribution in [0.1, 0.15) is 69.3 Å². The Hall–Kier alpha value is -0.380. The molecule has 1 unspecified atom stereocenters. The molecule has 0 radical (unpaired) electrons. The fourth-order valence-electron chi connectivity index (χ4n) is 1.84. The lowest BCUT2D eigenvalue weighted by molar-refractivity contribution is 0.513. The maximum absolute atomic E-state index is 4.12. The van der Waals surface area contributed by atoms with Crippen molar-refractivity contribution in [1.29, 1.82) is 0 Å². The van der Waals surface area contributed by atoms with Gasteiger partial charge in [0.05, 0.1) is 10.5 Å². The fourth-order valence-corrected chi connectivity index (χ4v) is 2.05. The summed E-state index contributed by atoms with van der Waals surface area (Å²) in [6.07, 6.45) is 11.4. The highest BCUT2D eigenvalue weighted by Crippen LogP contribution is 2.18. The third-order valence-corrected chi connectivity index (χ3v) is 3.42. The SMILES string of the molecule is CCCCCCCCCn1cc(C(C)Br)nn1. The molecule has 0 aliphatic carbocycles. The Kier molecular flexibility index (Phi) is 7.49. The average Bonchev–Trinajstić information content (AvgIpc) is 2.77. The summed E-state index contributed by atoms with van der Waals surface area (Å²) >= 11 is 3.50. The molecule has 0 aliphatic rings. The van der Waals surface area contributed by atoms with Crippen LogP contribution in [0.4, 0.5) is 0 Å². The van der Waals surface area contributed by atoms with Crippen LogP contribution in [0.25, 0.3) is 0 Å². The number of hydrogen-bond donors (Lipinski definition) is 0. The van der Waals surface area contributed by atoms with Crippen LogP contribution in [0, 0.1) is 0 Å². The molecule has 4 heteroatoms. The Labute approximate surface area is 113 Å². The predicted molar refractivity (Wildman–Crippen MR) is 75.4 cm³/mol. The number of rotatable bonds is 9. The van der Waals surface area contributed by atoms with E-state index in [9.17, 15) is 0 Å². The van der Waals surface area contributed by atoms with E-state index in [1.165, 1.54) is 44.9 Å². The lowest BCUT2D eigenvalue weighted by Crippen LogP contribution is -1.98. The fraction of sp³-hybridized carbons (Fsp3) is 0.846. The molecule has 0 N–H and O–H groups in total. The highest BCUT2D eigenvalue weighted by atomic mass is 79.9. The molecule has 0 aliphatic heterocycles. The maximum Gasteiger partial charge on any atom is 0.0960 e. The lowest BCUT2D eigenvalue weighted by Gasteiger charge is -2.01. The molecule has 1 atom stereocenters. The predicted octanol–water partition coefficient (Wildman–Crippen LogP) is 4.48. The molecule has 0 saturated heterocycles. The number of alkyl halides is 1. The van der Waals surface area contributed by atoms with Gasteiger partial charge in [-0.3, -0.25) is 4.68 Å². The van der Waals surface area contributed by atoms with Gasteiger partial charge in [0.25, 0.3) is 0 Å². The molecular weight excluding hydrogens is 278 g/mol. The van der Waals surface area contributed by atoms with Crippen molar-refractivity contribution in [3.8, 4) is 0 Å².